The van der Waals surface area contributed by atoms with E-state index in [4.69, 9.17) is 0 Å². The molecule has 0 radical (unpaired) electrons. The van der Waals surface area contributed by atoms with Crippen LogP contribution in [0.25, 0.3) is 0 Å². The van der Waals surface area contributed by atoms with Gasteiger partial charge in [0.05, 0.1) is 9.40 Å². The fourth-order valence-corrected chi connectivity index (χ4v) is 3.44. The molecule has 1 aliphatic carbocycles. The summed E-state index contributed by atoms with van der Waals surface area (Å²) in [6.45, 7) is 0. The normalized spacial score (nSPS) is 22.6. The molecule has 1 aliphatic rings. The number of anilines is 1. The van der Waals surface area contributed by atoms with Crippen molar-refractivity contribution in [2.45, 2.75) is 37.8 Å². The van der Waals surface area contributed by atoms with Crippen LogP contribution in [0.1, 0.15) is 25.7 Å². The van der Waals surface area contributed by atoms with Gasteiger partial charge in [-0.1, -0.05) is 0 Å². The molecule has 1 N–H and O–H groups in total. The Morgan fingerprint density at radius 2 is 2.05 bits per heavy atom. The average Bonchev–Trinajstić information content (AvgIpc) is 2.46. The average molecular weight is 343 g/mol. The van der Waals surface area contributed by atoms with E-state index in [1.807, 2.05) is 19.0 Å². The van der Waals surface area contributed by atoms with E-state index in [1.54, 1.807) is 6.20 Å². The number of hydrogen-bond acceptors (Lipinski definition) is 5. The van der Waals surface area contributed by atoms with Crippen LogP contribution in [0.3, 0.4) is 0 Å². The first kappa shape index (κ1) is 15.2. The minimum absolute atomic E-state index is 0.0533. The van der Waals surface area contributed by atoms with E-state index in [-0.39, 0.29) is 10.6 Å². The Balaban J connectivity index is 2.21. The van der Waals surface area contributed by atoms with Crippen molar-refractivity contribution >= 4 is 27.3 Å². The van der Waals surface area contributed by atoms with Crippen LogP contribution in [0.5, 0.6) is 0 Å². The Kier molecular flexibility index (Phi) is 4.93. The molecular formula is C13H19BrN4O2. The summed E-state index contributed by atoms with van der Waals surface area (Å²) in [5, 5.41) is 14.5. The van der Waals surface area contributed by atoms with Crippen molar-refractivity contribution in [3.05, 3.63) is 27.0 Å². The maximum absolute atomic E-state index is 11.2. The number of hydrogen-bond donors (Lipinski definition) is 1. The van der Waals surface area contributed by atoms with Gasteiger partial charge in [-0.05, 0) is 48.7 Å². The van der Waals surface area contributed by atoms with Gasteiger partial charge in [-0.2, -0.15) is 0 Å². The second-order valence-electron chi connectivity index (χ2n) is 5.15. The van der Waals surface area contributed by atoms with Gasteiger partial charge in [0.25, 0.3) is 0 Å². The molecule has 0 saturated heterocycles. The number of nitrogens with one attached hydrogen (secondary N) is 1. The molecule has 1 fully saturated rings. The van der Waals surface area contributed by atoms with Gasteiger partial charge in [-0.15, -0.1) is 0 Å². The zero-order valence-electron chi connectivity index (χ0n) is 11.7. The van der Waals surface area contributed by atoms with E-state index < -0.39 is 0 Å². The summed E-state index contributed by atoms with van der Waals surface area (Å²) in [5.74, 6) is 0. The van der Waals surface area contributed by atoms with E-state index in [1.165, 1.54) is 6.20 Å². The van der Waals surface area contributed by atoms with Crippen LogP contribution < -0.4 is 10.2 Å². The smallest absolute Gasteiger partial charge is 0.311 e. The van der Waals surface area contributed by atoms with Gasteiger partial charge in [0.15, 0.2) is 0 Å². The third-order valence-corrected chi connectivity index (χ3v) is 4.64. The topological polar surface area (TPSA) is 71.3 Å². The van der Waals surface area contributed by atoms with E-state index >= 15 is 0 Å². The molecule has 1 heterocycles. The summed E-state index contributed by atoms with van der Waals surface area (Å²) in [6, 6.07) is 0.896. The first-order valence-electron chi connectivity index (χ1n) is 6.72. The molecule has 0 aromatic carbocycles. The van der Waals surface area contributed by atoms with Crippen molar-refractivity contribution in [1.82, 2.24) is 10.3 Å². The molecule has 1 aromatic rings. The Bertz CT molecular complexity index is 489. The molecule has 1 saturated carbocycles. The van der Waals surface area contributed by atoms with Crippen LogP contribution in [-0.2, 0) is 0 Å². The molecule has 7 heteroatoms. The van der Waals surface area contributed by atoms with Crippen LogP contribution in [-0.4, -0.2) is 36.1 Å². The lowest BCUT2D eigenvalue weighted by molar-refractivity contribution is -0.384. The van der Waals surface area contributed by atoms with E-state index in [0.29, 0.717) is 22.2 Å². The highest BCUT2D eigenvalue weighted by molar-refractivity contribution is 9.10. The van der Waals surface area contributed by atoms with Crippen LogP contribution in [0, 0.1) is 10.1 Å². The highest BCUT2D eigenvalue weighted by Gasteiger charge is 2.28. The summed E-state index contributed by atoms with van der Waals surface area (Å²) in [7, 11) is 3.91. The molecule has 110 valence electrons. The number of halogens is 1. The molecule has 0 spiro atoms. The molecule has 0 bridgehead atoms. The van der Waals surface area contributed by atoms with Crippen molar-refractivity contribution in [3.63, 3.8) is 0 Å². The molecule has 0 amide bonds. The highest BCUT2D eigenvalue weighted by Crippen LogP contribution is 2.37. The van der Waals surface area contributed by atoms with Gasteiger partial charge < -0.3 is 10.2 Å². The lowest BCUT2D eigenvalue weighted by Gasteiger charge is -2.35. The van der Waals surface area contributed by atoms with Crippen LogP contribution in [0.15, 0.2) is 16.9 Å². The summed E-state index contributed by atoms with van der Waals surface area (Å²) >= 11 is 3.39. The lowest BCUT2D eigenvalue weighted by atomic mass is 9.90. The van der Waals surface area contributed by atoms with Crippen molar-refractivity contribution in [2.75, 3.05) is 19.0 Å². The summed E-state index contributed by atoms with van der Waals surface area (Å²) in [6.07, 6.45) is 7.19. The predicted molar refractivity (Wildman–Crippen MR) is 82.1 cm³/mol. The van der Waals surface area contributed by atoms with E-state index in [0.717, 1.165) is 25.7 Å². The first-order valence-corrected chi connectivity index (χ1v) is 7.52. The number of aromatic nitrogens is 1. The zero-order chi connectivity index (χ0) is 14.7. The van der Waals surface area contributed by atoms with Crippen molar-refractivity contribution in [3.8, 4) is 0 Å². The number of rotatable bonds is 4. The molecule has 0 atom stereocenters. The number of pyridine rings is 1. The van der Waals surface area contributed by atoms with E-state index in [2.05, 4.69) is 26.2 Å². The summed E-state index contributed by atoms with van der Waals surface area (Å²) in [5.41, 5.74) is 0.676. The van der Waals surface area contributed by atoms with Crippen LogP contribution in [0.2, 0.25) is 0 Å². The van der Waals surface area contributed by atoms with Crippen molar-refractivity contribution < 1.29 is 4.92 Å². The second-order valence-corrected chi connectivity index (χ2v) is 6.01. The summed E-state index contributed by atoms with van der Waals surface area (Å²) < 4.78 is 0.671. The Morgan fingerprint density at radius 3 is 2.60 bits per heavy atom. The summed E-state index contributed by atoms with van der Waals surface area (Å²) in [4.78, 5) is 16.7. The number of nitrogens with zero attached hydrogens (tertiary/aromatic N) is 3. The Hall–Kier alpha value is -1.21. The fraction of sp³-hybridized carbons (Fsp3) is 0.615. The monoisotopic (exact) mass is 342 g/mol. The largest absolute Gasteiger partial charge is 0.365 e. The molecule has 6 nitrogen and oxygen atoms in total. The SMILES string of the molecule is CNC1CCC(N(C)c2c(Br)cncc2[N+](=O)[O-])CC1. The fourth-order valence-electron chi connectivity index (χ4n) is 2.84. The third kappa shape index (κ3) is 3.09. The predicted octanol–water partition coefficient (Wildman–Crippen LogP) is 2.72. The Morgan fingerprint density at radius 1 is 1.40 bits per heavy atom. The standard InChI is InChI=1S/C13H19BrN4O2/c1-15-9-3-5-10(6-4-9)17(2)13-11(14)7-16-8-12(13)18(19)20/h7-10,15H,3-6H2,1-2H3. The lowest BCUT2D eigenvalue weighted by Crippen LogP contribution is -2.40. The zero-order valence-corrected chi connectivity index (χ0v) is 13.3. The van der Waals surface area contributed by atoms with Gasteiger partial charge in [0.1, 0.15) is 11.9 Å². The molecule has 2 rings (SSSR count). The Labute approximate surface area is 126 Å². The van der Waals surface area contributed by atoms with Crippen LogP contribution in [0.4, 0.5) is 11.4 Å². The van der Waals surface area contributed by atoms with Crippen molar-refractivity contribution in [2.24, 2.45) is 0 Å². The van der Waals surface area contributed by atoms with E-state index in [9.17, 15) is 10.1 Å². The van der Waals surface area contributed by atoms with Crippen LogP contribution >= 0.6 is 15.9 Å². The molecule has 20 heavy (non-hydrogen) atoms. The van der Waals surface area contributed by atoms with Gasteiger partial charge in [-0.3, -0.25) is 15.1 Å². The third-order valence-electron chi connectivity index (χ3n) is 4.06. The number of nitro groups is 1. The van der Waals surface area contributed by atoms with Crippen molar-refractivity contribution in [1.29, 1.82) is 0 Å². The second kappa shape index (κ2) is 6.49. The first-order chi connectivity index (χ1) is 9.54. The van der Waals surface area contributed by atoms with Gasteiger partial charge >= 0.3 is 5.69 Å². The van der Waals surface area contributed by atoms with Gasteiger partial charge in [-0.25, -0.2) is 0 Å². The quantitative estimate of drug-likeness (QED) is 0.672. The highest BCUT2D eigenvalue weighted by atomic mass is 79.9. The molecule has 0 aliphatic heterocycles. The molecule has 0 unspecified atom stereocenters. The van der Waals surface area contributed by atoms with Gasteiger partial charge in [0.2, 0.25) is 0 Å². The molecule has 1 aromatic heterocycles. The minimum atomic E-state index is -0.372. The maximum atomic E-state index is 11.2. The maximum Gasteiger partial charge on any atom is 0.311 e. The van der Waals surface area contributed by atoms with Gasteiger partial charge in [0, 0.05) is 25.3 Å². The minimum Gasteiger partial charge on any atom is -0.365 e. The molecular weight excluding hydrogens is 324 g/mol.